The quantitative estimate of drug-likeness (QED) is 0.865. The summed E-state index contributed by atoms with van der Waals surface area (Å²) < 4.78 is 0. The molecule has 0 spiro atoms. The van der Waals surface area contributed by atoms with Crippen molar-refractivity contribution in [2.45, 2.75) is 65.2 Å². The largest absolute Gasteiger partial charge is 0.323 e. The van der Waals surface area contributed by atoms with E-state index in [1.165, 1.54) is 0 Å². The van der Waals surface area contributed by atoms with E-state index in [2.05, 4.69) is 37.9 Å². The van der Waals surface area contributed by atoms with Crippen LogP contribution < -0.4 is 5.32 Å². The van der Waals surface area contributed by atoms with Gasteiger partial charge in [-0.1, -0.05) is 58.0 Å². The highest BCUT2D eigenvalue weighted by atomic mass is 16.2. The molecular weight excluding hydrogens is 260 g/mol. The maximum absolute atomic E-state index is 12.9. The zero-order chi connectivity index (χ0) is 15.4. The van der Waals surface area contributed by atoms with Gasteiger partial charge in [0.25, 0.3) is 0 Å². The summed E-state index contributed by atoms with van der Waals surface area (Å²) in [6, 6.07) is 10.2. The SMILES string of the molecule is CCC(CC)N1C(=O)C(c2ccccc2)NC1CC(C)C. The predicted molar refractivity (Wildman–Crippen MR) is 86.8 cm³/mol. The second-order valence-electron chi connectivity index (χ2n) is 6.37. The molecule has 2 atom stereocenters. The first-order valence-electron chi connectivity index (χ1n) is 8.21. The van der Waals surface area contributed by atoms with Crippen LogP contribution in [-0.2, 0) is 4.79 Å². The van der Waals surface area contributed by atoms with Gasteiger partial charge in [-0.15, -0.1) is 0 Å². The van der Waals surface area contributed by atoms with Crippen LogP contribution in [0.1, 0.15) is 58.6 Å². The minimum Gasteiger partial charge on any atom is -0.323 e. The summed E-state index contributed by atoms with van der Waals surface area (Å²) in [4.78, 5) is 15.0. The number of hydrogen-bond acceptors (Lipinski definition) is 2. The van der Waals surface area contributed by atoms with E-state index in [-0.39, 0.29) is 18.1 Å². The summed E-state index contributed by atoms with van der Waals surface area (Å²) in [6.45, 7) is 8.77. The van der Waals surface area contributed by atoms with Gasteiger partial charge in [0.1, 0.15) is 6.04 Å². The smallest absolute Gasteiger partial charge is 0.245 e. The molecule has 1 N–H and O–H groups in total. The lowest BCUT2D eigenvalue weighted by molar-refractivity contribution is -0.132. The zero-order valence-corrected chi connectivity index (χ0v) is 13.7. The van der Waals surface area contributed by atoms with Crippen LogP contribution in [0.5, 0.6) is 0 Å². The molecule has 0 radical (unpaired) electrons. The summed E-state index contributed by atoms with van der Waals surface area (Å²) in [5.74, 6) is 0.808. The fourth-order valence-electron chi connectivity index (χ4n) is 3.28. The van der Waals surface area contributed by atoms with E-state index in [1.807, 2.05) is 30.3 Å². The Kier molecular flexibility index (Phi) is 5.40. The molecule has 1 aliphatic heterocycles. The summed E-state index contributed by atoms with van der Waals surface area (Å²) in [7, 11) is 0. The summed E-state index contributed by atoms with van der Waals surface area (Å²) in [6.07, 6.45) is 3.19. The molecule has 1 aromatic rings. The molecular formula is C18H28N2O. The van der Waals surface area contributed by atoms with Gasteiger partial charge in [-0.2, -0.15) is 0 Å². The van der Waals surface area contributed by atoms with E-state index >= 15 is 0 Å². The van der Waals surface area contributed by atoms with Gasteiger partial charge in [0.15, 0.2) is 0 Å². The number of nitrogens with one attached hydrogen (secondary N) is 1. The van der Waals surface area contributed by atoms with E-state index < -0.39 is 0 Å². The van der Waals surface area contributed by atoms with Crippen molar-refractivity contribution < 1.29 is 4.79 Å². The van der Waals surface area contributed by atoms with Crippen LogP contribution in [0.15, 0.2) is 30.3 Å². The number of benzene rings is 1. The Morgan fingerprint density at radius 3 is 2.29 bits per heavy atom. The molecule has 116 valence electrons. The van der Waals surface area contributed by atoms with Crippen LogP contribution in [0.4, 0.5) is 0 Å². The summed E-state index contributed by atoms with van der Waals surface area (Å²) in [5, 5.41) is 3.56. The van der Waals surface area contributed by atoms with Crippen molar-refractivity contribution in [3.05, 3.63) is 35.9 Å². The van der Waals surface area contributed by atoms with Gasteiger partial charge in [-0.05, 0) is 30.7 Å². The molecule has 1 fully saturated rings. The highest BCUT2D eigenvalue weighted by Gasteiger charge is 2.42. The third-order valence-corrected chi connectivity index (χ3v) is 4.36. The Balaban J connectivity index is 2.26. The number of hydrogen-bond donors (Lipinski definition) is 1. The van der Waals surface area contributed by atoms with Gasteiger partial charge >= 0.3 is 0 Å². The second-order valence-corrected chi connectivity index (χ2v) is 6.37. The average Bonchev–Trinajstić information content (AvgIpc) is 2.78. The van der Waals surface area contributed by atoms with E-state index in [4.69, 9.17) is 0 Å². The molecule has 0 aliphatic carbocycles. The second kappa shape index (κ2) is 7.08. The molecule has 2 rings (SSSR count). The fraction of sp³-hybridized carbons (Fsp3) is 0.611. The van der Waals surface area contributed by atoms with Crippen LogP contribution in [0.2, 0.25) is 0 Å². The van der Waals surface area contributed by atoms with Gasteiger partial charge in [0, 0.05) is 6.04 Å². The molecule has 0 bridgehead atoms. The third-order valence-electron chi connectivity index (χ3n) is 4.36. The fourth-order valence-corrected chi connectivity index (χ4v) is 3.28. The minimum absolute atomic E-state index is 0.160. The lowest BCUT2D eigenvalue weighted by atomic mass is 10.0. The van der Waals surface area contributed by atoms with Crippen LogP contribution in [0.3, 0.4) is 0 Å². The third kappa shape index (κ3) is 3.46. The van der Waals surface area contributed by atoms with Crippen LogP contribution in [0.25, 0.3) is 0 Å². The molecule has 1 aliphatic rings. The van der Waals surface area contributed by atoms with Gasteiger partial charge in [0.2, 0.25) is 5.91 Å². The zero-order valence-electron chi connectivity index (χ0n) is 13.7. The number of rotatable bonds is 6. The first-order chi connectivity index (χ1) is 10.1. The predicted octanol–water partition coefficient (Wildman–Crippen LogP) is 3.72. The van der Waals surface area contributed by atoms with Crippen molar-refractivity contribution in [3.8, 4) is 0 Å². The molecule has 1 amide bonds. The van der Waals surface area contributed by atoms with Gasteiger partial charge in [-0.25, -0.2) is 0 Å². The molecule has 21 heavy (non-hydrogen) atoms. The maximum atomic E-state index is 12.9. The maximum Gasteiger partial charge on any atom is 0.245 e. The number of carbonyl (C=O) groups excluding carboxylic acids is 1. The highest BCUT2D eigenvalue weighted by molar-refractivity contribution is 5.86. The summed E-state index contributed by atoms with van der Waals surface area (Å²) >= 11 is 0. The molecule has 1 aromatic carbocycles. The van der Waals surface area contributed by atoms with Gasteiger partial charge < -0.3 is 4.90 Å². The normalized spacial score (nSPS) is 22.6. The molecule has 3 nitrogen and oxygen atoms in total. The van der Waals surface area contributed by atoms with E-state index in [0.717, 1.165) is 24.8 Å². The molecule has 0 aromatic heterocycles. The standard InChI is InChI=1S/C18H28N2O/c1-5-15(6-2)20-16(12-13(3)4)19-17(18(20)21)14-10-8-7-9-11-14/h7-11,13,15-17,19H,5-6,12H2,1-4H3. The van der Waals surface area contributed by atoms with Crippen molar-refractivity contribution in [2.75, 3.05) is 0 Å². The topological polar surface area (TPSA) is 32.3 Å². The van der Waals surface area contributed by atoms with Crippen molar-refractivity contribution in [1.29, 1.82) is 0 Å². The van der Waals surface area contributed by atoms with Gasteiger partial charge in [-0.3, -0.25) is 10.1 Å². The first kappa shape index (κ1) is 16.0. The molecule has 1 heterocycles. The van der Waals surface area contributed by atoms with E-state index in [0.29, 0.717) is 12.0 Å². The highest BCUT2D eigenvalue weighted by Crippen LogP contribution is 2.30. The Morgan fingerprint density at radius 1 is 1.14 bits per heavy atom. The van der Waals surface area contributed by atoms with Gasteiger partial charge in [0.05, 0.1) is 6.17 Å². The Labute approximate surface area is 128 Å². The van der Waals surface area contributed by atoms with Crippen LogP contribution >= 0.6 is 0 Å². The molecule has 1 saturated heterocycles. The van der Waals surface area contributed by atoms with Crippen LogP contribution in [-0.4, -0.2) is 23.0 Å². The lowest BCUT2D eigenvalue weighted by Crippen LogP contribution is -2.44. The number of nitrogens with zero attached hydrogens (tertiary/aromatic N) is 1. The van der Waals surface area contributed by atoms with Crippen molar-refractivity contribution in [2.24, 2.45) is 5.92 Å². The van der Waals surface area contributed by atoms with Crippen LogP contribution in [0, 0.1) is 5.92 Å². The summed E-state index contributed by atoms with van der Waals surface area (Å²) in [5.41, 5.74) is 1.07. The Morgan fingerprint density at radius 2 is 1.76 bits per heavy atom. The number of carbonyl (C=O) groups is 1. The van der Waals surface area contributed by atoms with Crippen molar-refractivity contribution >= 4 is 5.91 Å². The monoisotopic (exact) mass is 288 g/mol. The van der Waals surface area contributed by atoms with Crippen molar-refractivity contribution in [3.63, 3.8) is 0 Å². The van der Waals surface area contributed by atoms with Crippen molar-refractivity contribution in [1.82, 2.24) is 10.2 Å². The Bertz CT molecular complexity index is 454. The molecule has 2 unspecified atom stereocenters. The molecule has 3 heteroatoms. The first-order valence-corrected chi connectivity index (χ1v) is 8.21. The van der Waals surface area contributed by atoms with E-state index in [1.54, 1.807) is 0 Å². The lowest BCUT2D eigenvalue weighted by Gasteiger charge is -2.32. The average molecular weight is 288 g/mol. The number of amides is 1. The minimum atomic E-state index is -0.185. The molecule has 0 saturated carbocycles. The van der Waals surface area contributed by atoms with E-state index in [9.17, 15) is 4.79 Å². The Hall–Kier alpha value is -1.35.